The SMILES string of the molecule is CC(C)N1C(=O)C[C@H](NC(=O)c2cc(Cl)cc(F)c2N)C1=O. The molecule has 3 N–H and O–H groups in total. The number of halogens is 2. The number of imide groups is 1. The molecule has 1 aliphatic rings. The molecule has 0 radical (unpaired) electrons. The van der Waals surface area contributed by atoms with Gasteiger partial charge in [0, 0.05) is 11.1 Å². The van der Waals surface area contributed by atoms with Crippen molar-refractivity contribution in [2.45, 2.75) is 32.4 Å². The smallest absolute Gasteiger partial charge is 0.254 e. The molecule has 1 heterocycles. The van der Waals surface area contributed by atoms with Crippen LogP contribution < -0.4 is 11.1 Å². The van der Waals surface area contributed by atoms with Crippen LogP contribution in [0.5, 0.6) is 0 Å². The number of carbonyl (C=O) groups excluding carboxylic acids is 3. The first-order valence-corrected chi connectivity index (χ1v) is 7.01. The van der Waals surface area contributed by atoms with Gasteiger partial charge in [-0.15, -0.1) is 0 Å². The number of anilines is 1. The number of nitrogens with zero attached hydrogens (tertiary/aromatic N) is 1. The maximum atomic E-state index is 13.5. The van der Waals surface area contributed by atoms with Crippen molar-refractivity contribution in [1.29, 1.82) is 0 Å². The Morgan fingerprint density at radius 1 is 1.45 bits per heavy atom. The summed E-state index contributed by atoms with van der Waals surface area (Å²) in [6.07, 6.45) is -0.133. The minimum atomic E-state index is -0.983. The molecule has 22 heavy (non-hydrogen) atoms. The lowest BCUT2D eigenvalue weighted by Crippen LogP contribution is -2.44. The summed E-state index contributed by atoms with van der Waals surface area (Å²) in [5.41, 5.74) is 4.97. The van der Waals surface area contributed by atoms with E-state index in [9.17, 15) is 18.8 Å². The molecule has 1 atom stereocenters. The molecule has 0 bridgehead atoms. The Balaban J connectivity index is 2.20. The van der Waals surface area contributed by atoms with Crippen molar-refractivity contribution in [2.24, 2.45) is 0 Å². The summed E-state index contributed by atoms with van der Waals surface area (Å²) in [6.45, 7) is 3.40. The Bertz CT molecular complexity index is 663. The van der Waals surface area contributed by atoms with Gasteiger partial charge in [0.1, 0.15) is 11.9 Å². The third-order valence-electron chi connectivity index (χ3n) is 3.34. The number of hydrogen-bond acceptors (Lipinski definition) is 4. The zero-order chi connectivity index (χ0) is 16.6. The van der Waals surface area contributed by atoms with Gasteiger partial charge in [-0.25, -0.2) is 4.39 Å². The molecule has 1 saturated heterocycles. The predicted molar refractivity (Wildman–Crippen MR) is 78.7 cm³/mol. The third-order valence-corrected chi connectivity index (χ3v) is 3.56. The van der Waals surface area contributed by atoms with Crippen LogP contribution in [0.2, 0.25) is 5.02 Å². The average molecular weight is 328 g/mol. The molecular weight excluding hydrogens is 313 g/mol. The zero-order valence-corrected chi connectivity index (χ0v) is 12.8. The lowest BCUT2D eigenvalue weighted by Gasteiger charge is -2.19. The Labute approximate surface area is 131 Å². The average Bonchev–Trinajstić information content (AvgIpc) is 2.68. The van der Waals surface area contributed by atoms with Gasteiger partial charge in [0.25, 0.3) is 11.8 Å². The standard InChI is InChI=1S/C14H15ClFN3O3/c1-6(2)19-11(20)5-10(14(19)22)18-13(21)8-3-7(15)4-9(16)12(8)17/h3-4,6,10H,5,17H2,1-2H3,(H,18,21)/t10-/m0/s1. The molecule has 0 aromatic heterocycles. The van der Waals surface area contributed by atoms with E-state index in [1.807, 2.05) is 0 Å². The number of benzene rings is 1. The molecule has 1 fully saturated rings. The fourth-order valence-corrected chi connectivity index (χ4v) is 2.52. The third kappa shape index (κ3) is 2.89. The highest BCUT2D eigenvalue weighted by molar-refractivity contribution is 6.31. The highest BCUT2D eigenvalue weighted by atomic mass is 35.5. The quantitative estimate of drug-likeness (QED) is 0.647. The molecule has 118 valence electrons. The normalized spacial score (nSPS) is 18.2. The topological polar surface area (TPSA) is 92.5 Å². The van der Waals surface area contributed by atoms with Crippen LogP contribution >= 0.6 is 11.6 Å². The van der Waals surface area contributed by atoms with Gasteiger partial charge in [0.2, 0.25) is 5.91 Å². The van der Waals surface area contributed by atoms with Crippen molar-refractivity contribution in [2.75, 3.05) is 5.73 Å². The maximum Gasteiger partial charge on any atom is 0.254 e. The summed E-state index contributed by atoms with van der Waals surface area (Å²) in [5.74, 6) is -2.43. The van der Waals surface area contributed by atoms with E-state index < -0.39 is 23.7 Å². The van der Waals surface area contributed by atoms with E-state index >= 15 is 0 Å². The minimum Gasteiger partial charge on any atom is -0.396 e. The maximum absolute atomic E-state index is 13.5. The number of likely N-dealkylation sites (tertiary alicyclic amines) is 1. The van der Waals surface area contributed by atoms with Gasteiger partial charge in [-0.2, -0.15) is 0 Å². The molecular formula is C14H15ClFN3O3. The van der Waals surface area contributed by atoms with Crippen LogP contribution in [-0.2, 0) is 9.59 Å². The molecule has 3 amide bonds. The first-order valence-electron chi connectivity index (χ1n) is 6.63. The van der Waals surface area contributed by atoms with Crippen LogP contribution in [-0.4, -0.2) is 34.7 Å². The molecule has 1 aliphatic heterocycles. The molecule has 0 unspecified atom stereocenters. The first-order chi connectivity index (χ1) is 10.2. The summed E-state index contributed by atoms with van der Waals surface area (Å²) in [7, 11) is 0. The molecule has 8 heteroatoms. The van der Waals surface area contributed by atoms with Crippen LogP contribution in [0, 0.1) is 5.82 Å². The highest BCUT2D eigenvalue weighted by Crippen LogP contribution is 2.23. The van der Waals surface area contributed by atoms with Crippen LogP contribution in [0.1, 0.15) is 30.6 Å². The molecule has 0 aliphatic carbocycles. The van der Waals surface area contributed by atoms with Crippen molar-refractivity contribution in [1.82, 2.24) is 10.2 Å². The number of amides is 3. The summed E-state index contributed by atoms with van der Waals surface area (Å²) < 4.78 is 13.5. The second kappa shape index (κ2) is 5.92. The van der Waals surface area contributed by atoms with Crippen LogP contribution in [0.25, 0.3) is 0 Å². The predicted octanol–water partition coefficient (Wildman–Crippen LogP) is 1.33. The Morgan fingerprint density at radius 2 is 2.09 bits per heavy atom. The van der Waals surface area contributed by atoms with E-state index in [2.05, 4.69) is 5.32 Å². The van der Waals surface area contributed by atoms with E-state index in [0.29, 0.717) is 0 Å². The van der Waals surface area contributed by atoms with E-state index in [1.54, 1.807) is 13.8 Å². The number of nitrogens with two attached hydrogens (primary N) is 1. The highest BCUT2D eigenvalue weighted by Gasteiger charge is 2.40. The van der Waals surface area contributed by atoms with E-state index in [-0.39, 0.29) is 34.6 Å². The van der Waals surface area contributed by atoms with Gasteiger partial charge in [-0.05, 0) is 26.0 Å². The summed E-state index contributed by atoms with van der Waals surface area (Å²) >= 11 is 5.69. The second-order valence-corrected chi connectivity index (χ2v) is 5.71. The number of nitrogen functional groups attached to an aromatic ring is 1. The van der Waals surface area contributed by atoms with Crippen LogP contribution in [0.4, 0.5) is 10.1 Å². The van der Waals surface area contributed by atoms with Gasteiger partial charge >= 0.3 is 0 Å². The molecule has 0 spiro atoms. The van der Waals surface area contributed by atoms with Crippen molar-refractivity contribution >= 4 is 35.0 Å². The summed E-state index contributed by atoms with van der Waals surface area (Å²) in [5, 5.41) is 2.41. The second-order valence-electron chi connectivity index (χ2n) is 5.27. The zero-order valence-electron chi connectivity index (χ0n) is 12.0. The molecule has 6 nitrogen and oxygen atoms in total. The first kappa shape index (κ1) is 16.2. The summed E-state index contributed by atoms with van der Waals surface area (Å²) in [6, 6.07) is 0.911. The Hall–Kier alpha value is -2.15. The van der Waals surface area contributed by atoms with Gasteiger partial charge in [0.15, 0.2) is 0 Å². The monoisotopic (exact) mass is 327 g/mol. The molecule has 2 rings (SSSR count). The van der Waals surface area contributed by atoms with Crippen LogP contribution in [0.3, 0.4) is 0 Å². The van der Waals surface area contributed by atoms with E-state index in [1.165, 1.54) is 6.07 Å². The van der Waals surface area contributed by atoms with Crippen molar-refractivity contribution in [3.8, 4) is 0 Å². The minimum absolute atomic E-state index is 0.00878. The molecule has 0 saturated carbocycles. The Morgan fingerprint density at radius 3 is 2.64 bits per heavy atom. The van der Waals surface area contributed by atoms with Gasteiger partial charge in [-0.3, -0.25) is 19.3 Å². The fraction of sp³-hybridized carbons (Fsp3) is 0.357. The van der Waals surface area contributed by atoms with Crippen molar-refractivity contribution in [3.05, 3.63) is 28.5 Å². The summed E-state index contributed by atoms with van der Waals surface area (Å²) in [4.78, 5) is 37.1. The number of rotatable bonds is 3. The number of carbonyl (C=O) groups is 3. The van der Waals surface area contributed by atoms with Crippen molar-refractivity contribution < 1.29 is 18.8 Å². The largest absolute Gasteiger partial charge is 0.396 e. The van der Waals surface area contributed by atoms with E-state index in [0.717, 1.165) is 11.0 Å². The van der Waals surface area contributed by atoms with Gasteiger partial charge < -0.3 is 11.1 Å². The Kier molecular flexibility index (Phi) is 4.37. The van der Waals surface area contributed by atoms with Gasteiger partial charge in [-0.1, -0.05) is 11.6 Å². The molecule has 1 aromatic rings. The van der Waals surface area contributed by atoms with Crippen LogP contribution in [0.15, 0.2) is 12.1 Å². The fourth-order valence-electron chi connectivity index (χ4n) is 2.31. The number of nitrogens with one attached hydrogen (secondary N) is 1. The lowest BCUT2D eigenvalue weighted by molar-refractivity contribution is -0.140. The van der Waals surface area contributed by atoms with E-state index in [4.69, 9.17) is 17.3 Å². The number of hydrogen-bond donors (Lipinski definition) is 2. The molecule has 1 aromatic carbocycles. The van der Waals surface area contributed by atoms with Crippen molar-refractivity contribution in [3.63, 3.8) is 0 Å². The van der Waals surface area contributed by atoms with Gasteiger partial charge in [0.05, 0.1) is 17.7 Å². The lowest BCUT2D eigenvalue weighted by atomic mass is 10.1.